The number of hydrogen-bond acceptors (Lipinski definition) is 3. The summed E-state index contributed by atoms with van der Waals surface area (Å²) in [6.07, 6.45) is 0.917. The minimum Gasteiger partial charge on any atom is -0.478 e. The molecule has 2 amide bonds. The van der Waals surface area contributed by atoms with E-state index in [4.69, 9.17) is 9.84 Å². The summed E-state index contributed by atoms with van der Waals surface area (Å²) in [6, 6.07) is 6.53. The van der Waals surface area contributed by atoms with E-state index in [-0.39, 0.29) is 17.6 Å². The zero-order chi connectivity index (χ0) is 16.8. The molecule has 1 aliphatic heterocycles. The number of carbonyl (C=O) groups excluding carboxylic acids is 1. The molecule has 1 unspecified atom stereocenters. The number of morpholine rings is 1. The Kier molecular flexibility index (Phi) is 5.98. The Morgan fingerprint density at radius 1 is 1.35 bits per heavy atom. The number of carbonyl (C=O) groups is 2. The molecule has 1 saturated heterocycles. The Morgan fingerprint density at radius 2 is 2.04 bits per heavy atom. The molecular formula is C17H24N2O4. The largest absolute Gasteiger partial charge is 0.478 e. The average molecular weight is 320 g/mol. The molecular weight excluding hydrogens is 296 g/mol. The van der Waals surface area contributed by atoms with Crippen molar-refractivity contribution < 1.29 is 19.4 Å². The molecule has 1 aliphatic rings. The van der Waals surface area contributed by atoms with Crippen LogP contribution in [0.3, 0.4) is 0 Å². The average Bonchev–Trinajstić information content (AvgIpc) is 2.53. The molecule has 23 heavy (non-hydrogen) atoms. The SMILES string of the molecule is CC(C)CC1COCCN1C(=O)NCc1ccc(C(=O)O)cc1. The molecule has 1 atom stereocenters. The number of aromatic carboxylic acids is 1. The van der Waals surface area contributed by atoms with Gasteiger partial charge in [-0.3, -0.25) is 0 Å². The highest BCUT2D eigenvalue weighted by molar-refractivity contribution is 5.87. The maximum absolute atomic E-state index is 12.4. The smallest absolute Gasteiger partial charge is 0.335 e. The van der Waals surface area contributed by atoms with Gasteiger partial charge in [-0.05, 0) is 30.0 Å². The number of rotatable bonds is 5. The highest BCUT2D eigenvalue weighted by atomic mass is 16.5. The number of nitrogens with zero attached hydrogens (tertiary/aromatic N) is 1. The molecule has 126 valence electrons. The first-order chi connectivity index (χ1) is 11.0. The molecule has 6 heteroatoms. The summed E-state index contributed by atoms with van der Waals surface area (Å²) in [5.41, 5.74) is 1.11. The van der Waals surface area contributed by atoms with E-state index < -0.39 is 5.97 Å². The van der Waals surface area contributed by atoms with Gasteiger partial charge >= 0.3 is 12.0 Å². The fourth-order valence-corrected chi connectivity index (χ4v) is 2.71. The van der Waals surface area contributed by atoms with Crippen LogP contribution in [-0.2, 0) is 11.3 Å². The van der Waals surface area contributed by atoms with Crippen LogP contribution >= 0.6 is 0 Å². The first-order valence-electron chi connectivity index (χ1n) is 7.92. The second kappa shape index (κ2) is 7.97. The molecule has 6 nitrogen and oxygen atoms in total. The summed E-state index contributed by atoms with van der Waals surface area (Å²) in [7, 11) is 0. The lowest BCUT2D eigenvalue weighted by Crippen LogP contribution is -2.52. The third-order valence-electron chi connectivity index (χ3n) is 3.88. The number of carboxylic acids is 1. The number of ether oxygens (including phenoxy) is 1. The molecule has 0 aromatic heterocycles. The highest BCUT2D eigenvalue weighted by Crippen LogP contribution is 2.16. The van der Waals surface area contributed by atoms with Gasteiger partial charge < -0.3 is 20.1 Å². The Bertz CT molecular complexity index is 542. The monoisotopic (exact) mass is 320 g/mol. The number of benzene rings is 1. The second-order valence-corrected chi connectivity index (χ2v) is 6.21. The van der Waals surface area contributed by atoms with E-state index in [1.54, 1.807) is 24.3 Å². The summed E-state index contributed by atoms with van der Waals surface area (Å²) in [4.78, 5) is 25.1. The van der Waals surface area contributed by atoms with Crippen LogP contribution in [0.25, 0.3) is 0 Å². The molecule has 0 spiro atoms. The Hall–Kier alpha value is -2.08. The summed E-state index contributed by atoms with van der Waals surface area (Å²) < 4.78 is 5.48. The summed E-state index contributed by atoms with van der Waals surface area (Å²) in [5, 5.41) is 11.8. The predicted molar refractivity (Wildman–Crippen MR) is 86.4 cm³/mol. The zero-order valence-corrected chi connectivity index (χ0v) is 13.6. The molecule has 2 N–H and O–H groups in total. The predicted octanol–water partition coefficient (Wildman–Crippen LogP) is 2.34. The van der Waals surface area contributed by atoms with Gasteiger partial charge in [-0.1, -0.05) is 26.0 Å². The van der Waals surface area contributed by atoms with Crippen molar-refractivity contribution >= 4 is 12.0 Å². The van der Waals surface area contributed by atoms with Gasteiger partial charge in [0.2, 0.25) is 0 Å². The van der Waals surface area contributed by atoms with Gasteiger partial charge in [-0.15, -0.1) is 0 Å². The summed E-state index contributed by atoms with van der Waals surface area (Å²) >= 11 is 0. The third-order valence-corrected chi connectivity index (χ3v) is 3.88. The van der Waals surface area contributed by atoms with Gasteiger partial charge in [-0.2, -0.15) is 0 Å². The topological polar surface area (TPSA) is 78.9 Å². The summed E-state index contributed by atoms with van der Waals surface area (Å²) in [6.45, 7) is 6.39. The van der Waals surface area contributed by atoms with E-state index >= 15 is 0 Å². The van der Waals surface area contributed by atoms with Crippen LogP contribution in [0, 0.1) is 5.92 Å². The van der Waals surface area contributed by atoms with Crippen molar-refractivity contribution in [2.45, 2.75) is 32.9 Å². The van der Waals surface area contributed by atoms with Crippen molar-refractivity contribution in [2.75, 3.05) is 19.8 Å². The maximum atomic E-state index is 12.4. The van der Waals surface area contributed by atoms with Crippen molar-refractivity contribution in [3.8, 4) is 0 Å². The minimum atomic E-state index is -0.953. The van der Waals surface area contributed by atoms with Crippen LogP contribution in [0.4, 0.5) is 4.79 Å². The van der Waals surface area contributed by atoms with Crippen LogP contribution in [0.15, 0.2) is 24.3 Å². The highest BCUT2D eigenvalue weighted by Gasteiger charge is 2.27. The lowest BCUT2D eigenvalue weighted by Gasteiger charge is -2.36. The fourth-order valence-electron chi connectivity index (χ4n) is 2.71. The molecule has 1 aromatic carbocycles. The first-order valence-corrected chi connectivity index (χ1v) is 7.92. The van der Waals surface area contributed by atoms with Crippen LogP contribution in [0.2, 0.25) is 0 Å². The van der Waals surface area contributed by atoms with Gasteiger partial charge in [0.15, 0.2) is 0 Å². The van der Waals surface area contributed by atoms with Gasteiger partial charge in [0.25, 0.3) is 0 Å². The van der Waals surface area contributed by atoms with E-state index in [9.17, 15) is 9.59 Å². The number of carboxylic acid groups (broad SMARTS) is 1. The van der Waals surface area contributed by atoms with Crippen LogP contribution < -0.4 is 5.32 Å². The molecule has 1 heterocycles. The lowest BCUT2D eigenvalue weighted by atomic mass is 10.0. The molecule has 0 bridgehead atoms. The lowest BCUT2D eigenvalue weighted by molar-refractivity contribution is 0.00551. The first kappa shape index (κ1) is 17.3. The Labute approximate surface area is 136 Å². The number of nitrogens with one attached hydrogen (secondary N) is 1. The molecule has 0 saturated carbocycles. The number of amides is 2. The standard InChI is InChI=1S/C17H24N2O4/c1-12(2)9-15-11-23-8-7-19(15)17(22)18-10-13-3-5-14(6-4-13)16(20)21/h3-6,12,15H,7-11H2,1-2H3,(H,18,22)(H,20,21). The van der Waals surface area contributed by atoms with Gasteiger partial charge in [0.05, 0.1) is 24.8 Å². The van der Waals surface area contributed by atoms with Gasteiger partial charge in [0.1, 0.15) is 0 Å². The second-order valence-electron chi connectivity index (χ2n) is 6.21. The number of hydrogen-bond donors (Lipinski definition) is 2. The van der Waals surface area contributed by atoms with E-state index in [1.807, 2.05) is 4.90 Å². The molecule has 2 rings (SSSR count). The van der Waals surface area contributed by atoms with Crippen molar-refractivity contribution in [2.24, 2.45) is 5.92 Å². The zero-order valence-electron chi connectivity index (χ0n) is 13.6. The Morgan fingerprint density at radius 3 is 2.65 bits per heavy atom. The van der Waals surface area contributed by atoms with Gasteiger partial charge in [-0.25, -0.2) is 9.59 Å². The summed E-state index contributed by atoms with van der Waals surface area (Å²) in [5.74, 6) is -0.453. The van der Waals surface area contributed by atoms with Crippen LogP contribution in [0.1, 0.15) is 36.2 Å². The van der Waals surface area contributed by atoms with Crippen molar-refractivity contribution in [3.05, 3.63) is 35.4 Å². The molecule has 0 radical (unpaired) electrons. The fraction of sp³-hybridized carbons (Fsp3) is 0.529. The molecule has 1 aromatic rings. The Balaban J connectivity index is 1.90. The van der Waals surface area contributed by atoms with E-state index in [2.05, 4.69) is 19.2 Å². The quantitative estimate of drug-likeness (QED) is 0.873. The third kappa shape index (κ3) is 4.96. The minimum absolute atomic E-state index is 0.0961. The van der Waals surface area contributed by atoms with E-state index in [1.165, 1.54) is 0 Å². The van der Waals surface area contributed by atoms with Gasteiger partial charge in [0, 0.05) is 13.1 Å². The van der Waals surface area contributed by atoms with Crippen molar-refractivity contribution in [1.82, 2.24) is 10.2 Å². The van der Waals surface area contributed by atoms with Crippen LogP contribution in [0.5, 0.6) is 0 Å². The van der Waals surface area contributed by atoms with E-state index in [0.717, 1.165) is 12.0 Å². The van der Waals surface area contributed by atoms with Crippen molar-refractivity contribution in [3.63, 3.8) is 0 Å². The van der Waals surface area contributed by atoms with Crippen LogP contribution in [-0.4, -0.2) is 47.8 Å². The molecule has 1 fully saturated rings. The van der Waals surface area contributed by atoms with Crippen molar-refractivity contribution in [1.29, 1.82) is 0 Å². The number of urea groups is 1. The normalized spacial score (nSPS) is 18.0. The maximum Gasteiger partial charge on any atom is 0.335 e. The molecule has 0 aliphatic carbocycles. The van der Waals surface area contributed by atoms with E-state index in [0.29, 0.717) is 32.2 Å².